The zero-order valence-electron chi connectivity index (χ0n) is 18.7. The summed E-state index contributed by atoms with van der Waals surface area (Å²) in [5.41, 5.74) is -0.445. The summed E-state index contributed by atoms with van der Waals surface area (Å²) in [6.45, 7) is 4.77. The Labute approximate surface area is 191 Å². The van der Waals surface area contributed by atoms with Crippen LogP contribution in [0.2, 0.25) is 0 Å². The summed E-state index contributed by atoms with van der Waals surface area (Å²) >= 11 is 0. The fraction of sp³-hybridized carbons (Fsp3) is 0.542. The standard InChI is InChI=1S/C24H29F2N3O4/c1-2-32-18-13-27-24(28-14-18)29-6-3-15(4-7-29)19-9-16(19)5-8-33-17-10-21(25)20(12-23(30)31)22(26)11-17/h10-11,13-16,19H,2-9,12H2,1H3,(H,30,31). The summed E-state index contributed by atoms with van der Waals surface area (Å²) in [6.07, 6.45) is 6.94. The third kappa shape index (κ3) is 5.89. The summed E-state index contributed by atoms with van der Waals surface area (Å²) in [7, 11) is 0. The van der Waals surface area contributed by atoms with Crippen LogP contribution in [0.5, 0.6) is 11.5 Å². The molecule has 7 nitrogen and oxygen atoms in total. The van der Waals surface area contributed by atoms with Crippen molar-refractivity contribution in [1.82, 2.24) is 9.97 Å². The second kappa shape index (κ2) is 10.3. The first-order valence-electron chi connectivity index (χ1n) is 11.5. The van der Waals surface area contributed by atoms with E-state index in [1.54, 1.807) is 12.4 Å². The van der Waals surface area contributed by atoms with Gasteiger partial charge in [-0.2, -0.15) is 0 Å². The average molecular weight is 462 g/mol. The van der Waals surface area contributed by atoms with E-state index in [0.717, 1.165) is 56.9 Å². The minimum absolute atomic E-state index is 0.0972. The maximum Gasteiger partial charge on any atom is 0.308 e. The van der Waals surface area contributed by atoms with Gasteiger partial charge in [-0.3, -0.25) is 4.79 Å². The van der Waals surface area contributed by atoms with E-state index in [0.29, 0.717) is 36.7 Å². The molecule has 1 saturated heterocycles. The lowest BCUT2D eigenvalue weighted by molar-refractivity contribution is -0.136. The van der Waals surface area contributed by atoms with Crippen molar-refractivity contribution in [3.63, 3.8) is 0 Å². The molecule has 2 atom stereocenters. The van der Waals surface area contributed by atoms with Gasteiger partial charge in [-0.15, -0.1) is 0 Å². The SMILES string of the molecule is CCOc1cnc(N2CCC(C3CC3CCOc3cc(F)c(CC(=O)O)c(F)c3)CC2)nc1. The van der Waals surface area contributed by atoms with E-state index in [2.05, 4.69) is 14.9 Å². The summed E-state index contributed by atoms with van der Waals surface area (Å²) in [4.78, 5) is 21.8. The number of piperidine rings is 1. The lowest BCUT2D eigenvalue weighted by Crippen LogP contribution is -2.35. The van der Waals surface area contributed by atoms with Gasteiger partial charge in [-0.05, 0) is 50.4 Å². The molecule has 0 bridgehead atoms. The number of anilines is 1. The Bertz CT molecular complexity index is 942. The van der Waals surface area contributed by atoms with Gasteiger partial charge in [0.1, 0.15) is 17.4 Å². The van der Waals surface area contributed by atoms with Crippen LogP contribution < -0.4 is 14.4 Å². The largest absolute Gasteiger partial charge is 0.493 e. The Kier molecular flexibility index (Phi) is 7.25. The molecule has 178 valence electrons. The van der Waals surface area contributed by atoms with Gasteiger partial charge >= 0.3 is 5.97 Å². The number of carboxylic acid groups (broad SMARTS) is 1. The van der Waals surface area contributed by atoms with Gasteiger partial charge in [-0.25, -0.2) is 18.7 Å². The van der Waals surface area contributed by atoms with E-state index in [9.17, 15) is 13.6 Å². The Hall–Kier alpha value is -2.97. The van der Waals surface area contributed by atoms with E-state index in [4.69, 9.17) is 14.6 Å². The number of carboxylic acids is 1. The monoisotopic (exact) mass is 461 g/mol. The summed E-state index contributed by atoms with van der Waals surface area (Å²) in [5, 5.41) is 8.75. The highest BCUT2D eigenvalue weighted by molar-refractivity contribution is 5.70. The van der Waals surface area contributed by atoms with Crippen molar-refractivity contribution >= 4 is 11.9 Å². The van der Waals surface area contributed by atoms with E-state index >= 15 is 0 Å². The van der Waals surface area contributed by atoms with Gasteiger partial charge < -0.3 is 19.5 Å². The summed E-state index contributed by atoms with van der Waals surface area (Å²) < 4.78 is 38.9. The van der Waals surface area contributed by atoms with E-state index in [1.165, 1.54) is 0 Å². The first kappa shape index (κ1) is 23.2. The Balaban J connectivity index is 1.19. The first-order valence-corrected chi connectivity index (χ1v) is 11.5. The van der Waals surface area contributed by atoms with Gasteiger partial charge in [0.25, 0.3) is 0 Å². The number of carbonyl (C=O) groups is 1. The topological polar surface area (TPSA) is 84.8 Å². The third-order valence-corrected chi connectivity index (χ3v) is 6.53. The van der Waals surface area contributed by atoms with Crippen LogP contribution in [0.3, 0.4) is 0 Å². The van der Waals surface area contributed by atoms with Crippen LogP contribution >= 0.6 is 0 Å². The van der Waals surface area contributed by atoms with Gasteiger partial charge in [-0.1, -0.05) is 0 Å². The molecule has 1 aromatic heterocycles. The number of hydrogen-bond donors (Lipinski definition) is 1. The van der Waals surface area contributed by atoms with Gasteiger partial charge in [0.2, 0.25) is 5.95 Å². The average Bonchev–Trinajstić information content (AvgIpc) is 3.57. The lowest BCUT2D eigenvalue weighted by Gasteiger charge is -2.32. The van der Waals surface area contributed by atoms with E-state index in [-0.39, 0.29) is 5.75 Å². The second-order valence-corrected chi connectivity index (χ2v) is 8.71. The molecule has 2 fully saturated rings. The number of ether oxygens (including phenoxy) is 2. The molecule has 1 aromatic carbocycles. The molecule has 2 aliphatic rings. The summed E-state index contributed by atoms with van der Waals surface area (Å²) in [6, 6.07) is 2.12. The molecule has 1 N–H and O–H groups in total. The molecule has 2 unspecified atom stereocenters. The minimum atomic E-state index is -1.28. The highest BCUT2D eigenvalue weighted by Crippen LogP contribution is 2.49. The lowest BCUT2D eigenvalue weighted by atomic mass is 9.90. The van der Waals surface area contributed by atoms with Gasteiger partial charge in [0.15, 0.2) is 5.75 Å². The molecular weight excluding hydrogens is 432 g/mol. The van der Waals surface area contributed by atoms with Crippen molar-refractivity contribution in [2.75, 3.05) is 31.2 Å². The van der Waals surface area contributed by atoms with Gasteiger partial charge in [0.05, 0.1) is 32.0 Å². The molecule has 1 aliphatic carbocycles. The molecule has 33 heavy (non-hydrogen) atoms. The van der Waals surface area contributed by atoms with Crippen LogP contribution in [0.15, 0.2) is 24.5 Å². The molecule has 2 aromatic rings. The number of halogens is 2. The first-order chi connectivity index (χ1) is 15.9. The van der Waals surface area contributed by atoms with Crippen molar-refractivity contribution in [3.05, 3.63) is 41.7 Å². The molecule has 0 radical (unpaired) electrons. The molecule has 2 heterocycles. The zero-order chi connectivity index (χ0) is 23.4. The van der Waals surface area contributed by atoms with Crippen LogP contribution in [0.1, 0.15) is 38.2 Å². The van der Waals surface area contributed by atoms with E-state index < -0.39 is 29.6 Å². The Morgan fingerprint density at radius 1 is 1.12 bits per heavy atom. The maximum atomic E-state index is 14.0. The predicted octanol–water partition coefficient (Wildman–Crippen LogP) is 4.10. The maximum absolute atomic E-state index is 14.0. The number of aromatic nitrogens is 2. The van der Waals surface area contributed by atoms with Crippen LogP contribution in [0.4, 0.5) is 14.7 Å². The van der Waals surface area contributed by atoms with Crippen molar-refractivity contribution < 1.29 is 28.2 Å². The van der Waals surface area contributed by atoms with Crippen LogP contribution in [-0.4, -0.2) is 47.3 Å². The number of nitrogens with zero attached hydrogens (tertiary/aromatic N) is 3. The Morgan fingerprint density at radius 3 is 2.39 bits per heavy atom. The third-order valence-electron chi connectivity index (χ3n) is 6.53. The molecule has 1 saturated carbocycles. The highest BCUT2D eigenvalue weighted by Gasteiger charge is 2.43. The predicted molar refractivity (Wildman–Crippen MR) is 118 cm³/mol. The Morgan fingerprint density at radius 2 is 1.79 bits per heavy atom. The number of aliphatic carboxylic acids is 1. The fourth-order valence-electron chi connectivity index (χ4n) is 4.73. The molecule has 9 heteroatoms. The van der Waals surface area contributed by atoms with Crippen LogP contribution in [0, 0.1) is 29.4 Å². The van der Waals surface area contributed by atoms with Gasteiger partial charge in [0, 0.05) is 30.8 Å². The van der Waals surface area contributed by atoms with Crippen LogP contribution in [0.25, 0.3) is 0 Å². The van der Waals surface area contributed by atoms with Crippen LogP contribution in [-0.2, 0) is 11.2 Å². The molecule has 1 aliphatic heterocycles. The smallest absolute Gasteiger partial charge is 0.308 e. The molecule has 0 spiro atoms. The fourth-order valence-corrected chi connectivity index (χ4v) is 4.73. The van der Waals surface area contributed by atoms with Crippen molar-refractivity contribution in [3.8, 4) is 11.5 Å². The van der Waals surface area contributed by atoms with Crippen molar-refractivity contribution in [2.24, 2.45) is 17.8 Å². The summed E-state index contributed by atoms with van der Waals surface area (Å²) in [5.74, 6) is 0.373. The second-order valence-electron chi connectivity index (χ2n) is 8.71. The highest BCUT2D eigenvalue weighted by atomic mass is 19.1. The number of hydrogen-bond acceptors (Lipinski definition) is 6. The minimum Gasteiger partial charge on any atom is -0.493 e. The molecule has 4 rings (SSSR count). The van der Waals surface area contributed by atoms with E-state index in [1.807, 2.05) is 6.92 Å². The molecule has 0 amide bonds. The number of benzene rings is 1. The van der Waals surface area contributed by atoms with Crippen molar-refractivity contribution in [1.29, 1.82) is 0 Å². The van der Waals surface area contributed by atoms with Crippen molar-refractivity contribution in [2.45, 2.75) is 39.0 Å². The zero-order valence-corrected chi connectivity index (χ0v) is 18.7. The molecular formula is C24H29F2N3O4. The quantitative estimate of drug-likeness (QED) is 0.570. The normalized spacial score (nSPS) is 20.5. The number of rotatable bonds is 10.